The predicted molar refractivity (Wildman–Crippen MR) is 68.5 cm³/mol. The van der Waals surface area contributed by atoms with Crippen molar-refractivity contribution in [3.8, 4) is 0 Å². The van der Waals surface area contributed by atoms with E-state index in [1.54, 1.807) is 0 Å². The van der Waals surface area contributed by atoms with Crippen LogP contribution in [0.25, 0.3) is 0 Å². The molecule has 0 saturated carbocycles. The van der Waals surface area contributed by atoms with Crippen molar-refractivity contribution in [2.45, 2.75) is 26.8 Å². The number of nitrogens with one attached hydrogen (secondary N) is 1. The quantitative estimate of drug-likeness (QED) is 0.769. The number of likely N-dealkylation sites (N-methyl/N-ethyl adjacent to an activating group) is 1. The van der Waals surface area contributed by atoms with Crippen LogP contribution in [0.4, 0.5) is 0 Å². The molecule has 0 spiro atoms. The summed E-state index contributed by atoms with van der Waals surface area (Å²) in [5.74, 6) is 0. The molecule has 1 aromatic rings. The van der Waals surface area contributed by atoms with Gasteiger partial charge in [0.25, 0.3) is 0 Å². The first-order chi connectivity index (χ1) is 7.27. The van der Waals surface area contributed by atoms with Gasteiger partial charge in [0.05, 0.1) is 0 Å². The summed E-state index contributed by atoms with van der Waals surface area (Å²) >= 11 is 1.83. The van der Waals surface area contributed by atoms with E-state index in [1.807, 2.05) is 11.3 Å². The fourth-order valence-corrected chi connectivity index (χ4v) is 2.38. The van der Waals surface area contributed by atoms with Crippen molar-refractivity contribution in [1.29, 1.82) is 0 Å². The molecule has 0 amide bonds. The maximum atomic E-state index is 3.55. The first-order valence-corrected chi connectivity index (χ1v) is 6.65. The van der Waals surface area contributed by atoms with Crippen molar-refractivity contribution < 1.29 is 0 Å². The topological polar surface area (TPSA) is 15.3 Å². The van der Waals surface area contributed by atoms with E-state index in [2.05, 4.69) is 48.5 Å². The van der Waals surface area contributed by atoms with Gasteiger partial charge in [0, 0.05) is 24.0 Å². The van der Waals surface area contributed by atoms with Gasteiger partial charge in [-0.3, -0.25) is 0 Å². The van der Waals surface area contributed by atoms with Gasteiger partial charge >= 0.3 is 0 Å². The van der Waals surface area contributed by atoms with Crippen LogP contribution in [0.1, 0.15) is 31.7 Å². The zero-order valence-corrected chi connectivity index (χ0v) is 10.8. The van der Waals surface area contributed by atoms with Crippen LogP contribution in [0, 0.1) is 0 Å². The van der Waals surface area contributed by atoms with E-state index in [4.69, 9.17) is 0 Å². The second-order valence-electron chi connectivity index (χ2n) is 3.72. The smallest absolute Gasteiger partial charge is 0.0386 e. The van der Waals surface area contributed by atoms with Crippen molar-refractivity contribution in [2.75, 3.05) is 26.2 Å². The predicted octanol–water partition coefficient (Wildman–Crippen LogP) is 2.74. The van der Waals surface area contributed by atoms with Gasteiger partial charge in [0.2, 0.25) is 0 Å². The molecule has 0 aliphatic carbocycles. The summed E-state index contributed by atoms with van der Waals surface area (Å²) in [7, 11) is 0. The molecule has 0 aromatic carbocycles. The number of hydrogen-bond acceptors (Lipinski definition) is 3. The Kier molecular flexibility index (Phi) is 5.91. The van der Waals surface area contributed by atoms with E-state index in [0.29, 0.717) is 6.04 Å². The third-order valence-corrected chi connectivity index (χ3v) is 3.80. The molecular weight excluding hydrogens is 204 g/mol. The van der Waals surface area contributed by atoms with Gasteiger partial charge in [0.1, 0.15) is 0 Å². The van der Waals surface area contributed by atoms with Crippen molar-refractivity contribution in [3.05, 3.63) is 22.4 Å². The van der Waals surface area contributed by atoms with Gasteiger partial charge in [-0.05, 0) is 31.5 Å². The Morgan fingerprint density at radius 2 is 2.13 bits per heavy atom. The average molecular weight is 226 g/mol. The lowest BCUT2D eigenvalue weighted by molar-refractivity contribution is 0.298. The van der Waals surface area contributed by atoms with Crippen LogP contribution in [0.2, 0.25) is 0 Å². The molecule has 1 rings (SSSR count). The Labute approximate surface area is 97.3 Å². The van der Waals surface area contributed by atoms with Crippen LogP contribution in [0.15, 0.2) is 17.5 Å². The van der Waals surface area contributed by atoms with Gasteiger partial charge in [-0.2, -0.15) is 0 Å². The van der Waals surface area contributed by atoms with Crippen molar-refractivity contribution in [3.63, 3.8) is 0 Å². The zero-order valence-electron chi connectivity index (χ0n) is 9.99. The van der Waals surface area contributed by atoms with E-state index >= 15 is 0 Å². The molecule has 3 heteroatoms. The molecule has 86 valence electrons. The molecular formula is C12H22N2S. The number of nitrogens with zero attached hydrogens (tertiary/aromatic N) is 1. The van der Waals surface area contributed by atoms with Crippen LogP contribution < -0.4 is 5.32 Å². The third-order valence-electron chi connectivity index (χ3n) is 2.74. The first kappa shape index (κ1) is 12.7. The second-order valence-corrected chi connectivity index (χ2v) is 4.70. The summed E-state index contributed by atoms with van der Waals surface area (Å²) in [5.41, 5.74) is 0. The molecule has 1 aromatic heterocycles. The molecule has 0 saturated heterocycles. The lowest BCUT2D eigenvalue weighted by atomic mass is 10.3. The van der Waals surface area contributed by atoms with Crippen LogP contribution in [-0.4, -0.2) is 31.1 Å². The summed E-state index contributed by atoms with van der Waals surface area (Å²) in [6.45, 7) is 11.2. The number of rotatable bonds is 7. The van der Waals surface area contributed by atoms with E-state index in [0.717, 1.165) is 26.2 Å². The number of hydrogen-bond donors (Lipinski definition) is 1. The summed E-state index contributed by atoms with van der Waals surface area (Å²) in [6, 6.07) is 4.79. The van der Waals surface area contributed by atoms with Gasteiger partial charge in [-0.15, -0.1) is 11.3 Å². The Balaban J connectivity index is 2.20. The van der Waals surface area contributed by atoms with Crippen LogP contribution in [0.3, 0.4) is 0 Å². The van der Waals surface area contributed by atoms with E-state index < -0.39 is 0 Å². The van der Waals surface area contributed by atoms with Crippen LogP contribution >= 0.6 is 11.3 Å². The monoisotopic (exact) mass is 226 g/mol. The minimum atomic E-state index is 0.487. The van der Waals surface area contributed by atoms with Crippen molar-refractivity contribution >= 4 is 11.3 Å². The minimum Gasteiger partial charge on any atom is -0.308 e. The van der Waals surface area contributed by atoms with Crippen LogP contribution in [0.5, 0.6) is 0 Å². The molecule has 0 aliphatic heterocycles. The van der Waals surface area contributed by atoms with Gasteiger partial charge in [-0.1, -0.05) is 19.9 Å². The van der Waals surface area contributed by atoms with Crippen molar-refractivity contribution in [1.82, 2.24) is 10.2 Å². The molecule has 2 nitrogen and oxygen atoms in total. The Morgan fingerprint density at radius 1 is 1.40 bits per heavy atom. The highest BCUT2D eigenvalue weighted by Crippen LogP contribution is 2.17. The standard InChI is InChI=1S/C12H22N2S/c1-4-14(5-2)9-8-13-11(3)12-7-6-10-15-12/h6-7,10-11,13H,4-5,8-9H2,1-3H3. The highest BCUT2D eigenvalue weighted by Gasteiger charge is 2.05. The third kappa shape index (κ3) is 4.33. The highest BCUT2D eigenvalue weighted by molar-refractivity contribution is 7.10. The lowest BCUT2D eigenvalue weighted by Crippen LogP contribution is -2.32. The fourth-order valence-electron chi connectivity index (χ4n) is 1.62. The Bertz CT molecular complexity index is 242. The maximum absolute atomic E-state index is 3.55. The minimum absolute atomic E-state index is 0.487. The SMILES string of the molecule is CCN(CC)CCNC(C)c1cccs1. The second kappa shape index (κ2) is 6.99. The molecule has 1 N–H and O–H groups in total. The summed E-state index contributed by atoms with van der Waals surface area (Å²) < 4.78 is 0. The highest BCUT2D eigenvalue weighted by atomic mass is 32.1. The Morgan fingerprint density at radius 3 is 2.67 bits per heavy atom. The van der Waals surface area contributed by atoms with Gasteiger partial charge in [-0.25, -0.2) is 0 Å². The molecule has 15 heavy (non-hydrogen) atoms. The van der Waals surface area contributed by atoms with E-state index in [-0.39, 0.29) is 0 Å². The average Bonchev–Trinajstić information content (AvgIpc) is 2.77. The van der Waals surface area contributed by atoms with Crippen LogP contribution in [-0.2, 0) is 0 Å². The van der Waals surface area contributed by atoms with Gasteiger partial charge in [0.15, 0.2) is 0 Å². The normalized spacial score (nSPS) is 13.3. The Hall–Kier alpha value is -0.380. The van der Waals surface area contributed by atoms with E-state index in [1.165, 1.54) is 4.88 Å². The van der Waals surface area contributed by atoms with Crippen molar-refractivity contribution in [2.24, 2.45) is 0 Å². The molecule has 1 atom stereocenters. The lowest BCUT2D eigenvalue weighted by Gasteiger charge is -2.19. The summed E-state index contributed by atoms with van der Waals surface area (Å²) in [4.78, 5) is 3.86. The van der Waals surface area contributed by atoms with E-state index in [9.17, 15) is 0 Å². The fraction of sp³-hybridized carbons (Fsp3) is 0.667. The molecule has 1 unspecified atom stereocenters. The summed E-state index contributed by atoms with van der Waals surface area (Å²) in [6.07, 6.45) is 0. The molecule has 0 aliphatic rings. The summed E-state index contributed by atoms with van der Waals surface area (Å²) in [5, 5.41) is 5.69. The molecule has 1 heterocycles. The molecule has 0 radical (unpaired) electrons. The largest absolute Gasteiger partial charge is 0.308 e. The zero-order chi connectivity index (χ0) is 11.1. The number of thiophene rings is 1. The van der Waals surface area contributed by atoms with Gasteiger partial charge < -0.3 is 10.2 Å². The maximum Gasteiger partial charge on any atom is 0.0386 e. The first-order valence-electron chi connectivity index (χ1n) is 5.77. The molecule has 0 bridgehead atoms. The molecule has 0 fully saturated rings.